The number of hydrogen-bond donors (Lipinski definition) is 1. The summed E-state index contributed by atoms with van der Waals surface area (Å²) in [4.78, 5) is 0. The van der Waals surface area contributed by atoms with Gasteiger partial charge in [-0.25, -0.2) is 0 Å². The van der Waals surface area contributed by atoms with Crippen LogP contribution in [0.3, 0.4) is 0 Å². The van der Waals surface area contributed by atoms with E-state index in [0.29, 0.717) is 6.04 Å². The molecular weight excluding hydrogens is 250 g/mol. The number of benzene rings is 1. The summed E-state index contributed by atoms with van der Waals surface area (Å²) in [6.45, 7) is 2.16. The summed E-state index contributed by atoms with van der Waals surface area (Å²) in [5.74, 6) is 1.02. The molecule has 1 atom stereocenters. The van der Waals surface area contributed by atoms with Crippen molar-refractivity contribution in [2.24, 2.45) is 0 Å². The molecule has 4 nitrogen and oxygen atoms in total. The summed E-state index contributed by atoms with van der Waals surface area (Å²) in [5, 5.41) is 12.8. The van der Waals surface area contributed by atoms with E-state index >= 15 is 0 Å². The van der Waals surface area contributed by atoms with E-state index in [1.165, 1.54) is 0 Å². The molecule has 102 valence electrons. The Morgan fingerprint density at radius 1 is 1.20 bits per heavy atom. The molecule has 3 aromatic rings. The Hall–Kier alpha value is -2.36. The minimum atomic E-state index is 0.340. The van der Waals surface area contributed by atoms with Crippen molar-refractivity contribution in [1.29, 1.82) is 0 Å². The first-order chi connectivity index (χ1) is 9.83. The van der Waals surface area contributed by atoms with Gasteiger partial charge in [-0.05, 0) is 31.5 Å². The van der Waals surface area contributed by atoms with Gasteiger partial charge in [-0.3, -0.25) is 0 Å². The molecule has 1 aromatic carbocycles. The molecule has 0 fully saturated rings. The van der Waals surface area contributed by atoms with Gasteiger partial charge < -0.3 is 9.73 Å². The van der Waals surface area contributed by atoms with Gasteiger partial charge in [0, 0.05) is 17.8 Å². The van der Waals surface area contributed by atoms with E-state index in [9.17, 15) is 0 Å². The van der Waals surface area contributed by atoms with E-state index in [1.807, 2.05) is 30.3 Å². The summed E-state index contributed by atoms with van der Waals surface area (Å²) in [6, 6.07) is 12.3. The van der Waals surface area contributed by atoms with Crippen LogP contribution in [0.4, 0.5) is 5.69 Å². The third-order valence-electron chi connectivity index (χ3n) is 3.35. The van der Waals surface area contributed by atoms with Crippen LogP contribution in [0.5, 0.6) is 0 Å². The van der Waals surface area contributed by atoms with Crippen LogP contribution in [-0.2, 0) is 6.42 Å². The number of fused-ring (bicyclic) bond motifs is 1. The van der Waals surface area contributed by atoms with Crippen LogP contribution in [0.2, 0.25) is 0 Å². The summed E-state index contributed by atoms with van der Waals surface area (Å²) in [5.41, 5.74) is 1.94. The number of aryl methyl sites for hydroxylation is 1. The monoisotopic (exact) mass is 267 g/mol. The van der Waals surface area contributed by atoms with Gasteiger partial charge in [0.05, 0.1) is 23.7 Å². The number of aromatic nitrogens is 2. The van der Waals surface area contributed by atoms with Crippen LogP contribution in [0.25, 0.3) is 10.9 Å². The number of nitrogens with zero attached hydrogens (tertiary/aromatic N) is 2. The maximum absolute atomic E-state index is 5.35. The predicted molar refractivity (Wildman–Crippen MR) is 79.7 cm³/mol. The van der Waals surface area contributed by atoms with Gasteiger partial charge in [0.25, 0.3) is 0 Å². The molecule has 4 heteroatoms. The fraction of sp³-hybridized carbons (Fsp3) is 0.250. The SMILES string of the molecule is CC(CCc1ccco1)Nc1cnnc2ccccc12. The fourth-order valence-electron chi connectivity index (χ4n) is 2.27. The van der Waals surface area contributed by atoms with Crippen LogP contribution in [-0.4, -0.2) is 16.2 Å². The lowest BCUT2D eigenvalue weighted by Gasteiger charge is -2.15. The van der Waals surface area contributed by atoms with E-state index < -0.39 is 0 Å². The topological polar surface area (TPSA) is 51.0 Å². The van der Waals surface area contributed by atoms with Crippen LogP contribution >= 0.6 is 0 Å². The zero-order valence-corrected chi connectivity index (χ0v) is 11.4. The first-order valence-corrected chi connectivity index (χ1v) is 6.82. The number of furan rings is 1. The van der Waals surface area contributed by atoms with Crippen LogP contribution < -0.4 is 5.32 Å². The molecule has 2 heterocycles. The van der Waals surface area contributed by atoms with Gasteiger partial charge in [-0.2, -0.15) is 10.2 Å². The van der Waals surface area contributed by atoms with Gasteiger partial charge in [-0.1, -0.05) is 18.2 Å². The van der Waals surface area contributed by atoms with Gasteiger partial charge >= 0.3 is 0 Å². The van der Waals surface area contributed by atoms with Crippen molar-refractivity contribution in [3.63, 3.8) is 0 Å². The molecule has 3 rings (SSSR count). The molecule has 1 N–H and O–H groups in total. The molecule has 2 aromatic heterocycles. The first-order valence-electron chi connectivity index (χ1n) is 6.82. The quantitative estimate of drug-likeness (QED) is 0.766. The first kappa shape index (κ1) is 12.7. The highest BCUT2D eigenvalue weighted by Crippen LogP contribution is 2.21. The Morgan fingerprint density at radius 3 is 2.95 bits per heavy atom. The normalized spacial score (nSPS) is 12.4. The Bertz CT molecular complexity index is 674. The fourth-order valence-corrected chi connectivity index (χ4v) is 2.27. The van der Waals surface area contributed by atoms with Crippen molar-refractivity contribution in [1.82, 2.24) is 10.2 Å². The molecule has 0 amide bonds. The molecule has 1 unspecified atom stereocenters. The second kappa shape index (κ2) is 5.74. The van der Waals surface area contributed by atoms with Crippen LogP contribution in [0.1, 0.15) is 19.1 Å². The molecular formula is C16H17N3O. The van der Waals surface area contributed by atoms with Crippen molar-refractivity contribution in [2.45, 2.75) is 25.8 Å². The lowest BCUT2D eigenvalue weighted by atomic mass is 10.1. The van der Waals surface area contributed by atoms with Crippen molar-refractivity contribution < 1.29 is 4.42 Å². The average molecular weight is 267 g/mol. The van der Waals surface area contributed by atoms with E-state index in [1.54, 1.807) is 12.5 Å². The van der Waals surface area contributed by atoms with Crippen molar-refractivity contribution in [2.75, 3.05) is 5.32 Å². The highest BCUT2D eigenvalue weighted by atomic mass is 16.3. The lowest BCUT2D eigenvalue weighted by Crippen LogP contribution is -2.16. The molecule has 0 aliphatic heterocycles. The van der Waals surface area contributed by atoms with E-state index in [-0.39, 0.29) is 0 Å². The largest absolute Gasteiger partial charge is 0.469 e. The van der Waals surface area contributed by atoms with Crippen molar-refractivity contribution in [3.8, 4) is 0 Å². The van der Waals surface area contributed by atoms with Gasteiger partial charge in [-0.15, -0.1) is 0 Å². The molecule has 20 heavy (non-hydrogen) atoms. The number of rotatable bonds is 5. The third-order valence-corrected chi connectivity index (χ3v) is 3.35. The Kier molecular flexibility index (Phi) is 3.63. The van der Waals surface area contributed by atoms with Crippen molar-refractivity contribution >= 4 is 16.6 Å². The highest BCUT2D eigenvalue weighted by molar-refractivity contribution is 5.90. The molecule has 0 saturated carbocycles. The minimum absolute atomic E-state index is 0.340. The Balaban J connectivity index is 1.69. The highest BCUT2D eigenvalue weighted by Gasteiger charge is 2.07. The van der Waals surface area contributed by atoms with E-state index in [0.717, 1.165) is 35.2 Å². The molecule has 0 bridgehead atoms. The molecule has 0 aliphatic carbocycles. The summed E-state index contributed by atoms with van der Waals surface area (Å²) >= 11 is 0. The zero-order valence-electron chi connectivity index (χ0n) is 11.4. The minimum Gasteiger partial charge on any atom is -0.469 e. The number of nitrogens with one attached hydrogen (secondary N) is 1. The van der Waals surface area contributed by atoms with Crippen LogP contribution in [0, 0.1) is 0 Å². The molecule has 0 aliphatic rings. The summed E-state index contributed by atoms with van der Waals surface area (Å²) < 4.78 is 5.35. The average Bonchev–Trinajstić information content (AvgIpc) is 2.99. The van der Waals surface area contributed by atoms with Crippen molar-refractivity contribution in [3.05, 3.63) is 54.6 Å². The summed E-state index contributed by atoms with van der Waals surface area (Å²) in [7, 11) is 0. The van der Waals surface area contributed by atoms with Gasteiger partial charge in [0.1, 0.15) is 5.76 Å². The summed E-state index contributed by atoms with van der Waals surface area (Å²) in [6.07, 6.45) is 5.43. The molecule has 0 radical (unpaired) electrons. The smallest absolute Gasteiger partial charge is 0.103 e. The number of anilines is 1. The standard InChI is InChI=1S/C16H17N3O/c1-12(8-9-13-5-4-10-20-13)18-16-11-17-19-15-7-3-2-6-14(15)16/h2-7,10-12H,8-9H2,1H3,(H,18,19). The maximum atomic E-state index is 5.35. The van der Waals surface area contributed by atoms with Gasteiger partial charge in [0.15, 0.2) is 0 Å². The predicted octanol–water partition coefficient (Wildman–Crippen LogP) is 3.66. The van der Waals surface area contributed by atoms with Gasteiger partial charge in [0.2, 0.25) is 0 Å². The molecule has 0 spiro atoms. The maximum Gasteiger partial charge on any atom is 0.103 e. The van der Waals surface area contributed by atoms with E-state index in [4.69, 9.17) is 4.42 Å². The Labute approximate surface area is 117 Å². The zero-order chi connectivity index (χ0) is 13.8. The van der Waals surface area contributed by atoms with Crippen LogP contribution in [0.15, 0.2) is 53.3 Å². The van der Waals surface area contributed by atoms with E-state index in [2.05, 4.69) is 28.5 Å². The number of hydrogen-bond acceptors (Lipinski definition) is 4. The lowest BCUT2D eigenvalue weighted by molar-refractivity contribution is 0.495. The Morgan fingerprint density at radius 2 is 2.10 bits per heavy atom. The third kappa shape index (κ3) is 2.79. The molecule has 0 saturated heterocycles. The second-order valence-corrected chi connectivity index (χ2v) is 4.94. The second-order valence-electron chi connectivity index (χ2n) is 4.94.